The lowest BCUT2D eigenvalue weighted by Gasteiger charge is -2.25. The highest BCUT2D eigenvalue weighted by Gasteiger charge is 2.26. The molecule has 2 rings (SSSR count). The first-order chi connectivity index (χ1) is 16.1. The van der Waals surface area contributed by atoms with Gasteiger partial charge in [0.25, 0.3) is 0 Å². The van der Waals surface area contributed by atoms with Crippen LogP contribution in [0.25, 0.3) is 0 Å². The van der Waals surface area contributed by atoms with E-state index in [1.165, 1.54) is 4.31 Å². The number of hydrogen-bond donors (Lipinski definition) is 1. The molecule has 0 aliphatic heterocycles. The second-order valence-corrected chi connectivity index (χ2v) is 12.1. The second-order valence-electron chi connectivity index (χ2n) is 8.26. The minimum absolute atomic E-state index is 0.00851. The van der Waals surface area contributed by atoms with Crippen molar-refractivity contribution in [1.29, 1.82) is 0 Å². The molecule has 0 radical (unpaired) electrons. The van der Waals surface area contributed by atoms with Gasteiger partial charge in [0.05, 0.1) is 4.90 Å². The van der Waals surface area contributed by atoms with Crippen molar-refractivity contribution in [2.24, 2.45) is 0 Å². The summed E-state index contributed by atoms with van der Waals surface area (Å²) in [7, 11) is -3.68. The number of halogens is 1. The topological polar surface area (TPSA) is 83.9 Å². The van der Waals surface area contributed by atoms with E-state index >= 15 is 0 Å². The Morgan fingerprint density at radius 3 is 2.50 bits per heavy atom. The van der Waals surface area contributed by atoms with E-state index in [0.29, 0.717) is 30.3 Å². The first kappa shape index (κ1) is 28.5. The summed E-state index contributed by atoms with van der Waals surface area (Å²) in [5.74, 6) is -0.505. The van der Waals surface area contributed by atoms with Gasteiger partial charge in [-0.1, -0.05) is 44.9 Å². The molecule has 0 spiro atoms. The lowest BCUT2D eigenvalue weighted by molar-refractivity contribution is -0.139. The highest BCUT2D eigenvalue weighted by atomic mass is 35.5. The molecule has 2 aromatic rings. The van der Waals surface area contributed by atoms with Crippen LogP contribution in [0.3, 0.4) is 0 Å². The minimum Gasteiger partial charge on any atom is -0.482 e. The number of aliphatic carboxylic acids is 1. The number of thioether (sulfide) groups is 1. The van der Waals surface area contributed by atoms with Gasteiger partial charge in [-0.05, 0) is 67.6 Å². The van der Waals surface area contributed by atoms with Gasteiger partial charge in [0, 0.05) is 28.3 Å². The lowest BCUT2D eigenvalue weighted by Crippen LogP contribution is -2.36. The molecule has 0 aliphatic rings. The Kier molecular flexibility index (Phi) is 11.2. The number of aryl methyl sites for hydroxylation is 2. The molecular formula is C25H34ClNO5S2. The maximum Gasteiger partial charge on any atom is 0.341 e. The standard InChI is InChI=1S/C25H34ClNO5S2/c1-5-7-8-20-9-11-22(15-23(20)26)34(30,31)27(13-6-2)16-19(4)33-21-10-12-24(18(3)14-21)32-17-25(28)29/h9-12,14-15,19H,5-8,13,16-17H2,1-4H3,(H,28,29). The van der Waals surface area contributed by atoms with Crippen LogP contribution in [-0.4, -0.2) is 48.7 Å². The molecule has 1 unspecified atom stereocenters. The number of nitrogens with zero attached hydrogens (tertiary/aromatic N) is 1. The summed E-state index contributed by atoms with van der Waals surface area (Å²) < 4.78 is 33.6. The summed E-state index contributed by atoms with van der Waals surface area (Å²) in [6.45, 7) is 8.30. The largest absolute Gasteiger partial charge is 0.482 e. The highest BCUT2D eigenvalue weighted by molar-refractivity contribution is 8.00. The van der Waals surface area contributed by atoms with Crippen LogP contribution >= 0.6 is 23.4 Å². The van der Waals surface area contributed by atoms with Crippen LogP contribution in [0.1, 0.15) is 51.2 Å². The van der Waals surface area contributed by atoms with Crippen molar-refractivity contribution >= 4 is 39.4 Å². The molecule has 1 N–H and O–H groups in total. The molecule has 0 amide bonds. The Balaban J connectivity index is 2.13. The number of sulfonamides is 1. The Hall–Kier alpha value is -1.74. The van der Waals surface area contributed by atoms with E-state index in [9.17, 15) is 13.2 Å². The molecule has 2 aromatic carbocycles. The van der Waals surface area contributed by atoms with Crippen molar-refractivity contribution in [2.75, 3.05) is 19.7 Å². The van der Waals surface area contributed by atoms with Crippen LogP contribution in [0.2, 0.25) is 5.02 Å². The molecule has 0 aliphatic carbocycles. The van der Waals surface area contributed by atoms with E-state index < -0.39 is 22.6 Å². The summed E-state index contributed by atoms with van der Waals surface area (Å²) in [6.07, 6.45) is 3.59. The third kappa shape index (κ3) is 8.18. The van der Waals surface area contributed by atoms with Gasteiger partial charge in [-0.25, -0.2) is 13.2 Å². The molecule has 0 aromatic heterocycles. The third-order valence-electron chi connectivity index (χ3n) is 5.23. The van der Waals surface area contributed by atoms with Crippen LogP contribution in [0.15, 0.2) is 46.2 Å². The van der Waals surface area contributed by atoms with Crippen molar-refractivity contribution in [2.45, 2.75) is 68.4 Å². The first-order valence-electron chi connectivity index (χ1n) is 11.5. The Morgan fingerprint density at radius 1 is 1.18 bits per heavy atom. The summed E-state index contributed by atoms with van der Waals surface area (Å²) >= 11 is 7.97. The highest BCUT2D eigenvalue weighted by Crippen LogP contribution is 2.30. The van der Waals surface area contributed by atoms with Crippen LogP contribution in [0.5, 0.6) is 5.75 Å². The van der Waals surface area contributed by atoms with Crippen molar-refractivity contribution in [3.8, 4) is 5.75 Å². The number of carboxylic acids is 1. The maximum absolute atomic E-state index is 13.4. The SMILES string of the molecule is CCCCc1ccc(S(=O)(=O)N(CCC)CC(C)Sc2ccc(OCC(=O)O)c(C)c2)cc1Cl. The maximum atomic E-state index is 13.4. The van der Waals surface area contributed by atoms with E-state index in [1.54, 1.807) is 30.0 Å². The molecule has 188 valence electrons. The number of benzene rings is 2. The smallest absolute Gasteiger partial charge is 0.341 e. The number of carbonyl (C=O) groups is 1. The minimum atomic E-state index is -3.68. The average molecular weight is 528 g/mol. The Bertz CT molecular complexity index is 1070. The van der Waals surface area contributed by atoms with Crippen LogP contribution in [0.4, 0.5) is 0 Å². The van der Waals surface area contributed by atoms with E-state index in [4.69, 9.17) is 21.4 Å². The first-order valence-corrected chi connectivity index (χ1v) is 14.2. The van der Waals surface area contributed by atoms with Gasteiger partial charge >= 0.3 is 5.97 Å². The Labute approximate surface area is 212 Å². The number of carboxylic acid groups (broad SMARTS) is 1. The molecule has 0 heterocycles. The van der Waals surface area contributed by atoms with E-state index in [2.05, 4.69) is 6.92 Å². The lowest BCUT2D eigenvalue weighted by atomic mass is 10.1. The fourth-order valence-corrected chi connectivity index (χ4v) is 6.71. The van der Waals surface area contributed by atoms with Gasteiger partial charge in [-0.3, -0.25) is 0 Å². The fraction of sp³-hybridized carbons (Fsp3) is 0.480. The molecule has 6 nitrogen and oxygen atoms in total. The zero-order valence-corrected chi connectivity index (χ0v) is 22.6. The van der Waals surface area contributed by atoms with E-state index in [-0.39, 0.29) is 10.1 Å². The van der Waals surface area contributed by atoms with Gasteiger partial charge in [-0.15, -0.1) is 11.8 Å². The number of ether oxygens (including phenoxy) is 1. The van der Waals surface area contributed by atoms with Gasteiger partial charge in [0.15, 0.2) is 6.61 Å². The van der Waals surface area contributed by atoms with E-state index in [1.807, 2.05) is 39.0 Å². The summed E-state index contributed by atoms with van der Waals surface area (Å²) in [5.41, 5.74) is 1.80. The van der Waals surface area contributed by atoms with Crippen molar-refractivity contribution < 1.29 is 23.1 Å². The summed E-state index contributed by atoms with van der Waals surface area (Å²) in [6, 6.07) is 10.6. The van der Waals surface area contributed by atoms with Gasteiger partial charge in [0.2, 0.25) is 10.0 Å². The van der Waals surface area contributed by atoms with Crippen LogP contribution < -0.4 is 4.74 Å². The third-order valence-corrected chi connectivity index (χ3v) is 8.52. The van der Waals surface area contributed by atoms with E-state index in [0.717, 1.165) is 35.3 Å². The molecule has 0 saturated heterocycles. The van der Waals surface area contributed by atoms with Crippen LogP contribution in [0, 0.1) is 6.92 Å². The monoisotopic (exact) mass is 527 g/mol. The zero-order chi connectivity index (χ0) is 25.3. The molecular weight excluding hydrogens is 494 g/mol. The molecule has 0 fully saturated rings. The Morgan fingerprint density at radius 2 is 1.91 bits per heavy atom. The van der Waals surface area contributed by atoms with Crippen molar-refractivity contribution in [1.82, 2.24) is 4.31 Å². The number of hydrogen-bond acceptors (Lipinski definition) is 5. The molecule has 1 atom stereocenters. The normalized spacial score (nSPS) is 12.6. The molecule has 9 heteroatoms. The van der Waals surface area contributed by atoms with Gasteiger partial charge in [0.1, 0.15) is 5.75 Å². The van der Waals surface area contributed by atoms with Gasteiger partial charge < -0.3 is 9.84 Å². The van der Waals surface area contributed by atoms with Crippen molar-refractivity contribution in [3.63, 3.8) is 0 Å². The predicted octanol–water partition coefficient (Wildman–Crippen LogP) is 6.04. The average Bonchev–Trinajstić information content (AvgIpc) is 2.77. The number of unbranched alkanes of at least 4 members (excludes halogenated alkanes) is 1. The molecule has 34 heavy (non-hydrogen) atoms. The zero-order valence-electron chi connectivity index (χ0n) is 20.2. The quantitative estimate of drug-likeness (QED) is 0.302. The van der Waals surface area contributed by atoms with Crippen molar-refractivity contribution in [3.05, 3.63) is 52.5 Å². The predicted molar refractivity (Wildman–Crippen MR) is 139 cm³/mol. The van der Waals surface area contributed by atoms with Crippen LogP contribution in [-0.2, 0) is 21.2 Å². The summed E-state index contributed by atoms with van der Waals surface area (Å²) in [4.78, 5) is 11.9. The molecule has 0 saturated carbocycles. The van der Waals surface area contributed by atoms with Gasteiger partial charge in [-0.2, -0.15) is 4.31 Å². The number of rotatable bonds is 14. The second kappa shape index (κ2) is 13.4. The molecule has 0 bridgehead atoms. The fourth-order valence-electron chi connectivity index (χ4n) is 3.52. The summed E-state index contributed by atoms with van der Waals surface area (Å²) in [5, 5.41) is 9.27.